The standard InChI is InChI=1S/C51H65N3O3/c1-3-5-7-9-11-13-15-17-19-25-35-56-40-32-34-45(48(55)37-40)49-52-50(54-51(53-49)57-36-26-20-18-16-14-12-10-8-6-4-2)47-38-46-41-28-22-21-27-39(41)31-33-44(46)42-29-23-24-30-43(42)47/h21-24,27-34,37-38,55H,3-20,25-26,35-36H2,1-2H3. The summed E-state index contributed by atoms with van der Waals surface area (Å²) < 4.78 is 12.4. The predicted octanol–water partition coefficient (Wildman–Crippen LogP) is 15.0. The van der Waals surface area contributed by atoms with Crippen LogP contribution in [0.2, 0.25) is 0 Å². The molecule has 0 amide bonds. The zero-order valence-electron chi connectivity index (χ0n) is 34.7. The van der Waals surface area contributed by atoms with Crippen LogP contribution in [-0.2, 0) is 0 Å². The molecule has 0 bridgehead atoms. The van der Waals surface area contributed by atoms with Crippen molar-refractivity contribution in [3.63, 3.8) is 0 Å². The minimum absolute atomic E-state index is 0.0720. The Morgan fingerprint density at radius 3 is 1.54 bits per heavy atom. The van der Waals surface area contributed by atoms with Crippen molar-refractivity contribution < 1.29 is 14.6 Å². The number of phenols is 1. The Hall–Kier alpha value is -4.71. The maximum Gasteiger partial charge on any atom is 0.320 e. The third-order valence-corrected chi connectivity index (χ3v) is 11.3. The van der Waals surface area contributed by atoms with E-state index in [9.17, 15) is 5.11 Å². The molecule has 6 aromatic rings. The summed E-state index contributed by atoms with van der Waals surface area (Å²) in [5.41, 5.74) is 1.42. The Balaban J connectivity index is 1.18. The molecule has 302 valence electrons. The SMILES string of the molecule is CCCCCCCCCCCCOc1ccc(-c2nc(OCCCCCCCCCCCC)nc(-c3cc4c5ccccc5ccc4c4ccccc34)n2)c(O)c1. The van der Waals surface area contributed by atoms with Gasteiger partial charge in [0.2, 0.25) is 0 Å². The lowest BCUT2D eigenvalue weighted by Gasteiger charge is -2.14. The number of phenolic OH excluding ortho intramolecular Hbond substituents is 1. The lowest BCUT2D eigenvalue weighted by Crippen LogP contribution is -2.05. The van der Waals surface area contributed by atoms with Crippen molar-refractivity contribution in [2.75, 3.05) is 13.2 Å². The Labute approximate surface area is 341 Å². The van der Waals surface area contributed by atoms with E-state index in [1.54, 1.807) is 6.07 Å². The maximum atomic E-state index is 11.4. The Kier molecular flexibility index (Phi) is 16.8. The zero-order valence-corrected chi connectivity index (χ0v) is 34.7. The summed E-state index contributed by atoms with van der Waals surface area (Å²) in [6.45, 7) is 5.69. The molecular formula is C51H65N3O3. The summed E-state index contributed by atoms with van der Waals surface area (Å²) >= 11 is 0. The van der Waals surface area contributed by atoms with Gasteiger partial charge in [0.05, 0.1) is 18.8 Å². The molecule has 0 saturated heterocycles. The first kappa shape index (κ1) is 41.9. The second kappa shape index (κ2) is 22.9. The average molecular weight is 768 g/mol. The number of aromatic hydroxyl groups is 1. The molecule has 1 N–H and O–H groups in total. The van der Waals surface area contributed by atoms with Gasteiger partial charge in [0.25, 0.3) is 0 Å². The minimum Gasteiger partial charge on any atom is -0.507 e. The molecule has 6 rings (SSSR count). The third-order valence-electron chi connectivity index (χ3n) is 11.3. The van der Waals surface area contributed by atoms with Crippen LogP contribution < -0.4 is 9.47 Å². The monoisotopic (exact) mass is 768 g/mol. The molecule has 0 aliphatic heterocycles. The number of hydrogen-bond donors (Lipinski definition) is 1. The van der Waals surface area contributed by atoms with Gasteiger partial charge >= 0.3 is 6.01 Å². The van der Waals surface area contributed by atoms with Gasteiger partial charge in [0.15, 0.2) is 11.6 Å². The molecule has 1 aromatic heterocycles. The maximum absolute atomic E-state index is 11.4. The fraction of sp³-hybridized carbons (Fsp3) is 0.471. The van der Waals surface area contributed by atoms with E-state index in [1.165, 1.54) is 119 Å². The number of nitrogens with zero attached hydrogens (tertiary/aromatic N) is 3. The second-order valence-corrected chi connectivity index (χ2v) is 15.9. The number of benzene rings is 5. The molecule has 0 fully saturated rings. The van der Waals surface area contributed by atoms with Gasteiger partial charge < -0.3 is 14.6 Å². The highest BCUT2D eigenvalue weighted by Crippen LogP contribution is 2.39. The largest absolute Gasteiger partial charge is 0.507 e. The molecule has 6 nitrogen and oxygen atoms in total. The van der Waals surface area contributed by atoms with Gasteiger partial charge in [0, 0.05) is 11.6 Å². The number of fused-ring (bicyclic) bond motifs is 5. The molecule has 0 saturated carbocycles. The van der Waals surface area contributed by atoms with Gasteiger partial charge in [0.1, 0.15) is 11.5 Å². The van der Waals surface area contributed by atoms with Crippen molar-refractivity contribution in [3.8, 4) is 40.3 Å². The average Bonchev–Trinajstić information content (AvgIpc) is 3.24. The van der Waals surface area contributed by atoms with E-state index in [1.807, 2.05) is 12.1 Å². The van der Waals surface area contributed by atoms with Crippen LogP contribution in [0.25, 0.3) is 55.1 Å². The van der Waals surface area contributed by atoms with E-state index in [0.29, 0.717) is 36.2 Å². The van der Waals surface area contributed by atoms with E-state index >= 15 is 0 Å². The molecule has 6 heteroatoms. The van der Waals surface area contributed by atoms with E-state index in [2.05, 4.69) is 80.6 Å². The summed E-state index contributed by atoms with van der Waals surface area (Å²) in [6.07, 6.45) is 25.3. The molecule has 0 aliphatic rings. The fourth-order valence-electron chi connectivity index (χ4n) is 8.03. The smallest absolute Gasteiger partial charge is 0.320 e. The topological polar surface area (TPSA) is 77.4 Å². The van der Waals surface area contributed by atoms with Gasteiger partial charge in [-0.1, -0.05) is 190 Å². The summed E-state index contributed by atoms with van der Waals surface area (Å²) in [4.78, 5) is 14.8. The van der Waals surface area contributed by atoms with Crippen molar-refractivity contribution in [2.45, 2.75) is 142 Å². The highest BCUT2D eigenvalue weighted by molar-refractivity contribution is 6.20. The molecule has 0 unspecified atom stereocenters. The van der Waals surface area contributed by atoms with Crippen LogP contribution in [-0.4, -0.2) is 33.3 Å². The lowest BCUT2D eigenvalue weighted by molar-refractivity contribution is 0.281. The first-order chi connectivity index (χ1) is 28.2. The number of hydrogen-bond acceptors (Lipinski definition) is 6. The highest BCUT2D eigenvalue weighted by atomic mass is 16.5. The normalized spacial score (nSPS) is 11.5. The Bertz CT molecular complexity index is 2130. The molecule has 57 heavy (non-hydrogen) atoms. The van der Waals surface area contributed by atoms with E-state index in [0.717, 1.165) is 47.4 Å². The number of ether oxygens (including phenoxy) is 2. The number of aromatic nitrogens is 3. The van der Waals surface area contributed by atoms with Crippen LogP contribution in [0.5, 0.6) is 17.5 Å². The van der Waals surface area contributed by atoms with Gasteiger partial charge in [-0.05, 0) is 63.4 Å². The van der Waals surface area contributed by atoms with Crippen molar-refractivity contribution in [1.29, 1.82) is 0 Å². The summed E-state index contributed by atoms with van der Waals surface area (Å²) in [7, 11) is 0. The van der Waals surface area contributed by atoms with E-state index < -0.39 is 0 Å². The Morgan fingerprint density at radius 1 is 0.421 bits per heavy atom. The predicted molar refractivity (Wildman–Crippen MR) is 240 cm³/mol. The number of rotatable bonds is 26. The van der Waals surface area contributed by atoms with Crippen molar-refractivity contribution in [1.82, 2.24) is 15.0 Å². The van der Waals surface area contributed by atoms with Crippen molar-refractivity contribution in [3.05, 3.63) is 84.9 Å². The second-order valence-electron chi connectivity index (χ2n) is 15.9. The zero-order chi connectivity index (χ0) is 39.5. The first-order valence-corrected chi connectivity index (χ1v) is 22.3. The fourth-order valence-corrected chi connectivity index (χ4v) is 8.03. The molecule has 0 aliphatic carbocycles. The molecule has 5 aromatic carbocycles. The van der Waals surface area contributed by atoms with Crippen LogP contribution in [0.1, 0.15) is 142 Å². The number of unbranched alkanes of at least 4 members (excludes halogenated alkanes) is 18. The van der Waals surface area contributed by atoms with E-state index in [-0.39, 0.29) is 11.8 Å². The quantitative estimate of drug-likeness (QED) is 0.0437. The van der Waals surface area contributed by atoms with Crippen LogP contribution in [0.3, 0.4) is 0 Å². The summed E-state index contributed by atoms with van der Waals surface area (Å²) in [5, 5.41) is 18.2. The molecule has 1 heterocycles. The van der Waals surface area contributed by atoms with Crippen LogP contribution in [0.4, 0.5) is 0 Å². The third kappa shape index (κ3) is 12.1. The lowest BCUT2D eigenvalue weighted by atomic mass is 9.93. The molecular weight excluding hydrogens is 703 g/mol. The summed E-state index contributed by atoms with van der Waals surface area (Å²) in [5.74, 6) is 1.61. The Morgan fingerprint density at radius 2 is 0.930 bits per heavy atom. The molecule has 0 radical (unpaired) electrons. The van der Waals surface area contributed by atoms with Crippen LogP contribution >= 0.6 is 0 Å². The van der Waals surface area contributed by atoms with Gasteiger partial charge in [-0.3, -0.25) is 0 Å². The molecule has 0 atom stereocenters. The van der Waals surface area contributed by atoms with Gasteiger partial charge in [-0.15, -0.1) is 0 Å². The first-order valence-electron chi connectivity index (χ1n) is 22.3. The van der Waals surface area contributed by atoms with E-state index in [4.69, 9.17) is 24.4 Å². The minimum atomic E-state index is 0.0720. The summed E-state index contributed by atoms with van der Waals surface area (Å²) in [6, 6.07) is 29.2. The van der Waals surface area contributed by atoms with Crippen molar-refractivity contribution >= 4 is 32.3 Å². The van der Waals surface area contributed by atoms with Gasteiger partial charge in [-0.25, -0.2) is 4.98 Å². The molecule has 0 spiro atoms. The van der Waals surface area contributed by atoms with Gasteiger partial charge in [-0.2, -0.15) is 9.97 Å². The van der Waals surface area contributed by atoms with Crippen LogP contribution in [0.15, 0.2) is 84.9 Å². The van der Waals surface area contributed by atoms with Crippen LogP contribution in [0, 0.1) is 0 Å². The highest BCUT2D eigenvalue weighted by Gasteiger charge is 2.18. The van der Waals surface area contributed by atoms with Crippen molar-refractivity contribution in [2.24, 2.45) is 0 Å².